The maximum absolute atomic E-state index is 13.8. The number of nitrogens with zero attached hydrogens (tertiary/aromatic N) is 2. The summed E-state index contributed by atoms with van der Waals surface area (Å²) >= 11 is 0. The number of amides is 2. The van der Waals surface area contributed by atoms with E-state index in [0.29, 0.717) is 16.9 Å². The van der Waals surface area contributed by atoms with Crippen LogP contribution in [0.1, 0.15) is 38.7 Å². The van der Waals surface area contributed by atoms with Crippen molar-refractivity contribution in [3.63, 3.8) is 0 Å². The number of carbonyl (C=O) groups is 2. The Bertz CT molecular complexity index is 1240. The van der Waals surface area contributed by atoms with Gasteiger partial charge < -0.3 is 26.3 Å². The maximum Gasteiger partial charge on any atom is 0.273 e. The lowest BCUT2D eigenvalue weighted by Crippen LogP contribution is -2.37. The number of aromatic nitrogens is 2. The van der Waals surface area contributed by atoms with E-state index in [1.165, 1.54) is 11.8 Å². The van der Waals surface area contributed by atoms with E-state index in [4.69, 9.17) is 20.9 Å². The third-order valence-corrected chi connectivity index (χ3v) is 5.73. The molecule has 4 rings (SSSR count). The highest BCUT2D eigenvalue weighted by Crippen LogP contribution is 2.36. The van der Waals surface area contributed by atoms with Crippen LogP contribution in [0, 0.1) is 0 Å². The molecule has 1 atom stereocenters. The number of rotatable bonds is 7. The molecule has 184 valence electrons. The van der Waals surface area contributed by atoms with Crippen molar-refractivity contribution in [2.75, 3.05) is 26.1 Å². The maximum atomic E-state index is 13.8. The minimum atomic E-state index is -3.02. The van der Waals surface area contributed by atoms with Gasteiger partial charge in [0.2, 0.25) is 0 Å². The van der Waals surface area contributed by atoms with Crippen molar-refractivity contribution in [3.05, 3.63) is 65.2 Å². The standard InChI is InChI=1S/C24H25F2N5O4/c1-34-18-5-3-2-4-17(18)23(33)29-11-14-6-8-15(9-7-14)20-19(22(28)32)21(27)31(30-20)16-10-24(25,26)13-35-12-16/h2-9,16H,10-13,27H2,1H3,(H2,28,32)(H,29,33). The second-order valence-corrected chi connectivity index (χ2v) is 8.23. The largest absolute Gasteiger partial charge is 0.496 e. The molecule has 1 unspecified atom stereocenters. The van der Waals surface area contributed by atoms with Gasteiger partial charge in [0.25, 0.3) is 17.7 Å². The number of ether oxygens (including phenoxy) is 2. The molecule has 1 saturated heterocycles. The highest BCUT2D eigenvalue weighted by Gasteiger charge is 2.40. The minimum absolute atomic E-state index is 0.00997. The molecule has 11 heteroatoms. The van der Waals surface area contributed by atoms with Gasteiger partial charge in [0.15, 0.2) is 0 Å². The average Bonchev–Trinajstić information content (AvgIpc) is 3.19. The van der Waals surface area contributed by atoms with Crippen LogP contribution < -0.4 is 21.5 Å². The first-order valence-corrected chi connectivity index (χ1v) is 10.8. The van der Waals surface area contributed by atoms with Crippen molar-refractivity contribution in [2.24, 2.45) is 5.73 Å². The van der Waals surface area contributed by atoms with E-state index >= 15 is 0 Å². The molecular weight excluding hydrogens is 460 g/mol. The number of hydrogen-bond acceptors (Lipinski definition) is 6. The molecule has 1 aliphatic rings. The molecule has 2 heterocycles. The molecule has 0 saturated carbocycles. The zero-order chi connectivity index (χ0) is 25.2. The Morgan fingerprint density at radius 3 is 2.60 bits per heavy atom. The molecule has 0 radical (unpaired) electrons. The highest BCUT2D eigenvalue weighted by atomic mass is 19.3. The molecule has 2 aromatic carbocycles. The number of hydrogen-bond donors (Lipinski definition) is 3. The number of methoxy groups -OCH3 is 1. The van der Waals surface area contributed by atoms with Gasteiger partial charge in [0.05, 0.1) is 25.3 Å². The monoisotopic (exact) mass is 485 g/mol. The van der Waals surface area contributed by atoms with Crippen LogP contribution >= 0.6 is 0 Å². The number of halogens is 2. The van der Waals surface area contributed by atoms with E-state index in [1.807, 2.05) is 0 Å². The summed E-state index contributed by atoms with van der Waals surface area (Å²) in [6.07, 6.45) is -0.513. The number of para-hydroxylation sites is 1. The van der Waals surface area contributed by atoms with E-state index in [2.05, 4.69) is 10.4 Å². The van der Waals surface area contributed by atoms with Crippen LogP contribution in [0.2, 0.25) is 0 Å². The van der Waals surface area contributed by atoms with Gasteiger partial charge in [-0.2, -0.15) is 5.10 Å². The predicted molar refractivity (Wildman–Crippen MR) is 124 cm³/mol. The van der Waals surface area contributed by atoms with Gasteiger partial charge in [-0.1, -0.05) is 36.4 Å². The second-order valence-electron chi connectivity index (χ2n) is 8.23. The van der Waals surface area contributed by atoms with Crippen molar-refractivity contribution < 1.29 is 27.8 Å². The summed E-state index contributed by atoms with van der Waals surface area (Å²) in [5, 5.41) is 7.17. The van der Waals surface area contributed by atoms with Gasteiger partial charge in [-0.25, -0.2) is 13.5 Å². The van der Waals surface area contributed by atoms with Crippen LogP contribution in [0.4, 0.5) is 14.6 Å². The van der Waals surface area contributed by atoms with Gasteiger partial charge in [-0.05, 0) is 17.7 Å². The highest BCUT2D eigenvalue weighted by molar-refractivity contribution is 6.03. The van der Waals surface area contributed by atoms with Crippen LogP contribution in [0.3, 0.4) is 0 Å². The number of nitrogen functional groups attached to an aromatic ring is 1. The number of anilines is 1. The molecule has 0 aliphatic carbocycles. The lowest BCUT2D eigenvalue weighted by Gasteiger charge is -2.29. The van der Waals surface area contributed by atoms with Crippen molar-refractivity contribution >= 4 is 17.6 Å². The Kier molecular flexibility index (Phi) is 6.70. The lowest BCUT2D eigenvalue weighted by molar-refractivity contribution is -0.133. The minimum Gasteiger partial charge on any atom is -0.496 e. The van der Waals surface area contributed by atoms with E-state index in [1.54, 1.807) is 48.5 Å². The Morgan fingerprint density at radius 1 is 1.23 bits per heavy atom. The lowest BCUT2D eigenvalue weighted by atomic mass is 10.0. The summed E-state index contributed by atoms with van der Waals surface area (Å²) < 4.78 is 39.1. The Morgan fingerprint density at radius 2 is 1.94 bits per heavy atom. The molecular formula is C24H25F2N5O4. The number of nitrogens with one attached hydrogen (secondary N) is 1. The van der Waals surface area contributed by atoms with E-state index in [9.17, 15) is 18.4 Å². The molecule has 1 aliphatic heterocycles. The number of alkyl halides is 2. The molecule has 5 N–H and O–H groups in total. The Balaban J connectivity index is 1.54. The number of benzene rings is 2. The van der Waals surface area contributed by atoms with Gasteiger partial charge in [-0.3, -0.25) is 9.59 Å². The van der Waals surface area contributed by atoms with E-state index in [0.717, 1.165) is 5.56 Å². The molecule has 1 aromatic heterocycles. The number of nitrogens with two attached hydrogens (primary N) is 2. The zero-order valence-electron chi connectivity index (χ0n) is 19.0. The third-order valence-electron chi connectivity index (χ3n) is 5.73. The Hall–Kier alpha value is -3.99. The average molecular weight is 485 g/mol. The summed E-state index contributed by atoms with van der Waals surface area (Å²) in [7, 11) is 1.49. The fraction of sp³-hybridized carbons (Fsp3) is 0.292. The van der Waals surface area contributed by atoms with Gasteiger partial charge in [0.1, 0.15) is 29.4 Å². The number of carbonyl (C=O) groups excluding carboxylic acids is 2. The number of primary amides is 1. The van der Waals surface area contributed by atoms with Crippen LogP contribution in [0.15, 0.2) is 48.5 Å². The smallest absolute Gasteiger partial charge is 0.273 e. The van der Waals surface area contributed by atoms with Gasteiger partial charge >= 0.3 is 0 Å². The molecule has 0 spiro atoms. The molecule has 3 aromatic rings. The van der Waals surface area contributed by atoms with Gasteiger partial charge in [-0.15, -0.1) is 0 Å². The van der Waals surface area contributed by atoms with Crippen LogP contribution in [0.25, 0.3) is 11.3 Å². The molecule has 9 nitrogen and oxygen atoms in total. The van der Waals surface area contributed by atoms with Crippen molar-refractivity contribution in [1.82, 2.24) is 15.1 Å². The van der Waals surface area contributed by atoms with E-state index < -0.39 is 30.9 Å². The van der Waals surface area contributed by atoms with Crippen LogP contribution in [-0.4, -0.2) is 47.8 Å². The van der Waals surface area contributed by atoms with Crippen LogP contribution in [-0.2, 0) is 11.3 Å². The summed E-state index contributed by atoms with van der Waals surface area (Å²) in [4.78, 5) is 24.6. The van der Waals surface area contributed by atoms with Crippen molar-refractivity contribution in [2.45, 2.75) is 24.9 Å². The quantitative estimate of drug-likeness (QED) is 0.471. The first-order valence-electron chi connectivity index (χ1n) is 10.8. The van der Waals surface area contributed by atoms with Crippen molar-refractivity contribution in [1.29, 1.82) is 0 Å². The second kappa shape index (κ2) is 9.71. The topological polar surface area (TPSA) is 134 Å². The summed E-state index contributed by atoms with van der Waals surface area (Å²) in [5.74, 6) is -3.76. The fourth-order valence-corrected chi connectivity index (χ4v) is 4.02. The van der Waals surface area contributed by atoms with Crippen LogP contribution in [0.5, 0.6) is 5.75 Å². The molecule has 2 amide bonds. The van der Waals surface area contributed by atoms with Gasteiger partial charge in [0, 0.05) is 18.5 Å². The fourth-order valence-electron chi connectivity index (χ4n) is 4.02. The molecule has 0 bridgehead atoms. The zero-order valence-corrected chi connectivity index (χ0v) is 19.0. The van der Waals surface area contributed by atoms with Crippen molar-refractivity contribution in [3.8, 4) is 17.0 Å². The Labute approximate surface area is 200 Å². The summed E-state index contributed by atoms with van der Waals surface area (Å²) in [5.41, 5.74) is 13.5. The SMILES string of the molecule is COc1ccccc1C(=O)NCc1ccc(-c2nn(C3COCC(F)(F)C3)c(N)c2C(N)=O)cc1. The third kappa shape index (κ3) is 5.09. The first-order chi connectivity index (χ1) is 16.7. The summed E-state index contributed by atoms with van der Waals surface area (Å²) in [6.45, 7) is -0.440. The van der Waals surface area contributed by atoms with E-state index in [-0.39, 0.29) is 36.1 Å². The normalized spacial score (nSPS) is 17.1. The summed E-state index contributed by atoms with van der Waals surface area (Å²) in [6, 6.07) is 12.9. The molecule has 35 heavy (non-hydrogen) atoms. The first kappa shape index (κ1) is 24.1. The molecule has 1 fully saturated rings. The predicted octanol–water partition coefficient (Wildman–Crippen LogP) is 2.77.